The quantitative estimate of drug-likeness (QED) is 0.648. The Hall–Kier alpha value is -1.10. The zero-order valence-electron chi connectivity index (χ0n) is 11.3. The fraction of sp³-hybridized carbons (Fsp3) is 0.846. The Morgan fingerprint density at radius 2 is 2.06 bits per heavy atom. The zero-order valence-corrected chi connectivity index (χ0v) is 11.3. The van der Waals surface area contributed by atoms with Crippen LogP contribution in [0.25, 0.3) is 0 Å². The summed E-state index contributed by atoms with van der Waals surface area (Å²) in [6.45, 7) is 4.92. The molecule has 1 fully saturated rings. The number of carboxylic acids is 1. The molecule has 5 nitrogen and oxygen atoms in total. The number of aliphatic carboxylic acids is 1. The summed E-state index contributed by atoms with van der Waals surface area (Å²) in [5, 5.41) is 11.7. The molecule has 1 rings (SSSR count). The Kier molecular flexibility index (Phi) is 6.12. The van der Waals surface area contributed by atoms with Crippen LogP contribution in [0.15, 0.2) is 0 Å². The lowest BCUT2D eigenvalue weighted by molar-refractivity contribution is -0.138. The van der Waals surface area contributed by atoms with Crippen LogP contribution in [0.5, 0.6) is 0 Å². The highest BCUT2D eigenvalue weighted by molar-refractivity contribution is 5.79. The molecule has 0 radical (unpaired) electrons. The van der Waals surface area contributed by atoms with Crippen molar-refractivity contribution in [3.05, 3.63) is 0 Å². The molecule has 0 aromatic rings. The van der Waals surface area contributed by atoms with Crippen LogP contribution in [0.1, 0.15) is 39.5 Å². The third-order valence-electron chi connectivity index (χ3n) is 3.07. The largest absolute Gasteiger partial charge is 0.480 e. The molecule has 1 aliphatic carbocycles. The Balaban J connectivity index is 2.33. The van der Waals surface area contributed by atoms with E-state index in [4.69, 9.17) is 5.11 Å². The van der Waals surface area contributed by atoms with Gasteiger partial charge in [-0.05, 0) is 32.1 Å². The van der Waals surface area contributed by atoms with Crippen LogP contribution >= 0.6 is 0 Å². The molecular weight excluding hydrogens is 232 g/mol. The van der Waals surface area contributed by atoms with Gasteiger partial charge in [0.1, 0.15) is 0 Å². The number of hydrogen-bond acceptors (Lipinski definition) is 3. The van der Waals surface area contributed by atoms with E-state index >= 15 is 0 Å². The van der Waals surface area contributed by atoms with Gasteiger partial charge in [0, 0.05) is 12.6 Å². The summed E-state index contributed by atoms with van der Waals surface area (Å²) in [5.41, 5.74) is 0. The highest BCUT2D eigenvalue weighted by Crippen LogP contribution is 2.29. The highest BCUT2D eigenvalue weighted by atomic mass is 16.4. The summed E-state index contributed by atoms with van der Waals surface area (Å²) in [6, 6.07) is 0.162. The standard InChI is InChI=1S/C13H24N2O3/c1-3-4-10(2)14-12(16)8-15(9-13(17)18)7-11-5-6-11/h10-11H,3-9H2,1-2H3,(H,14,16)(H,17,18). The lowest BCUT2D eigenvalue weighted by Gasteiger charge is -2.21. The molecule has 1 saturated carbocycles. The molecule has 18 heavy (non-hydrogen) atoms. The molecule has 0 spiro atoms. The predicted molar refractivity (Wildman–Crippen MR) is 69.3 cm³/mol. The third kappa shape index (κ3) is 6.59. The number of amides is 1. The molecule has 1 atom stereocenters. The molecular formula is C13H24N2O3. The van der Waals surface area contributed by atoms with Gasteiger partial charge in [0.15, 0.2) is 0 Å². The molecule has 0 aromatic carbocycles. The molecule has 0 aliphatic heterocycles. The maximum Gasteiger partial charge on any atom is 0.317 e. The van der Waals surface area contributed by atoms with Crippen molar-refractivity contribution in [2.45, 2.75) is 45.6 Å². The average molecular weight is 256 g/mol. The summed E-state index contributed by atoms with van der Waals surface area (Å²) in [6.07, 6.45) is 4.30. The van der Waals surface area contributed by atoms with Crippen LogP contribution in [0.4, 0.5) is 0 Å². The summed E-state index contributed by atoms with van der Waals surface area (Å²) in [4.78, 5) is 24.3. The number of carboxylic acid groups (broad SMARTS) is 1. The second-order valence-corrected chi connectivity index (χ2v) is 5.26. The van der Waals surface area contributed by atoms with Gasteiger partial charge in [-0.3, -0.25) is 14.5 Å². The van der Waals surface area contributed by atoms with Crippen molar-refractivity contribution < 1.29 is 14.7 Å². The summed E-state index contributed by atoms with van der Waals surface area (Å²) < 4.78 is 0. The molecule has 1 amide bonds. The van der Waals surface area contributed by atoms with Gasteiger partial charge in [-0.1, -0.05) is 13.3 Å². The summed E-state index contributed by atoms with van der Waals surface area (Å²) >= 11 is 0. The maximum atomic E-state index is 11.8. The molecule has 104 valence electrons. The van der Waals surface area contributed by atoms with Crippen molar-refractivity contribution in [2.24, 2.45) is 5.92 Å². The number of rotatable bonds is 9. The first-order valence-corrected chi connectivity index (χ1v) is 6.74. The average Bonchev–Trinajstić information content (AvgIpc) is 2.99. The van der Waals surface area contributed by atoms with Crippen molar-refractivity contribution in [2.75, 3.05) is 19.6 Å². The van der Waals surface area contributed by atoms with Gasteiger partial charge >= 0.3 is 5.97 Å². The van der Waals surface area contributed by atoms with Crippen LogP contribution in [-0.2, 0) is 9.59 Å². The molecule has 0 bridgehead atoms. The van der Waals surface area contributed by atoms with Crippen LogP contribution in [-0.4, -0.2) is 47.6 Å². The van der Waals surface area contributed by atoms with Crippen molar-refractivity contribution >= 4 is 11.9 Å². The lowest BCUT2D eigenvalue weighted by Crippen LogP contribution is -2.43. The molecule has 0 aromatic heterocycles. The van der Waals surface area contributed by atoms with Gasteiger partial charge in [-0.15, -0.1) is 0 Å². The fourth-order valence-electron chi connectivity index (χ4n) is 2.07. The molecule has 2 N–H and O–H groups in total. The van der Waals surface area contributed by atoms with E-state index in [1.807, 2.05) is 6.92 Å². The Morgan fingerprint density at radius 3 is 2.56 bits per heavy atom. The lowest BCUT2D eigenvalue weighted by atomic mass is 10.2. The topological polar surface area (TPSA) is 69.6 Å². The van der Waals surface area contributed by atoms with Crippen LogP contribution in [0.2, 0.25) is 0 Å². The number of carbonyl (C=O) groups excluding carboxylic acids is 1. The van der Waals surface area contributed by atoms with Crippen molar-refractivity contribution in [1.29, 1.82) is 0 Å². The normalized spacial score (nSPS) is 16.6. The van der Waals surface area contributed by atoms with Gasteiger partial charge in [-0.2, -0.15) is 0 Å². The van der Waals surface area contributed by atoms with Gasteiger partial charge in [0.05, 0.1) is 13.1 Å². The Labute approximate surface area is 109 Å². The minimum absolute atomic E-state index is 0.0495. The minimum atomic E-state index is -0.870. The van der Waals surface area contributed by atoms with Crippen LogP contribution in [0.3, 0.4) is 0 Å². The molecule has 0 heterocycles. The van der Waals surface area contributed by atoms with Crippen LogP contribution in [0, 0.1) is 5.92 Å². The Bertz CT molecular complexity index is 290. The zero-order chi connectivity index (χ0) is 13.5. The molecule has 5 heteroatoms. The van der Waals surface area contributed by atoms with E-state index in [9.17, 15) is 9.59 Å². The smallest absolute Gasteiger partial charge is 0.317 e. The first-order valence-electron chi connectivity index (χ1n) is 6.74. The van der Waals surface area contributed by atoms with Gasteiger partial charge in [-0.25, -0.2) is 0 Å². The minimum Gasteiger partial charge on any atom is -0.480 e. The number of carbonyl (C=O) groups is 2. The van der Waals surface area contributed by atoms with Gasteiger partial charge < -0.3 is 10.4 Å². The fourth-order valence-corrected chi connectivity index (χ4v) is 2.07. The molecule has 0 saturated heterocycles. The predicted octanol–water partition coefficient (Wildman–Crippen LogP) is 1.09. The third-order valence-corrected chi connectivity index (χ3v) is 3.07. The van der Waals surface area contributed by atoms with Crippen molar-refractivity contribution in [1.82, 2.24) is 10.2 Å². The van der Waals surface area contributed by atoms with Gasteiger partial charge in [0.25, 0.3) is 0 Å². The van der Waals surface area contributed by atoms with Crippen molar-refractivity contribution in [3.63, 3.8) is 0 Å². The van der Waals surface area contributed by atoms with E-state index in [1.54, 1.807) is 4.90 Å². The Morgan fingerprint density at radius 1 is 1.39 bits per heavy atom. The van der Waals surface area contributed by atoms with E-state index in [0.717, 1.165) is 32.2 Å². The molecule has 1 unspecified atom stereocenters. The summed E-state index contributed by atoms with van der Waals surface area (Å²) in [7, 11) is 0. The first-order chi connectivity index (χ1) is 8.51. The number of hydrogen-bond donors (Lipinski definition) is 2. The second kappa shape index (κ2) is 7.36. The van der Waals surface area contributed by atoms with E-state index in [2.05, 4.69) is 12.2 Å². The van der Waals surface area contributed by atoms with Gasteiger partial charge in [0.2, 0.25) is 5.91 Å². The molecule has 1 aliphatic rings. The van der Waals surface area contributed by atoms with E-state index < -0.39 is 5.97 Å². The first kappa shape index (κ1) is 15.0. The number of nitrogens with zero attached hydrogens (tertiary/aromatic N) is 1. The second-order valence-electron chi connectivity index (χ2n) is 5.26. The van der Waals surface area contributed by atoms with E-state index in [1.165, 1.54) is 0 Å². The van der Waals surface area contributed by atoms with Crippen LogP contribution < -0.4 is 5.32 Å². The SMILES string of the molecule is CCCC(C)NC(=O)CN(CC(=O)O)CC1CC1. The van der Waals surface area contributed by atoms with E-state index in [-0.39, 0.29) is 25.0 Å². The van der Waals surface area contributed by atoms with Crippen molar-refractivity contribution in [3.8, 4) is 0 Å². The summed E-state index contributed by atoms with van der Waals surface area (Å²) in [5.74, 6) is -0.354. The monoisotopic (exact) mass is 256 g/mol. The van der Waals surface area contributed by atoms with E-state index in [0.29, 0.717) is 5.92 Å². The highest BCUT2D eigenvalue weighted by Gasteiger charge is 2.26. The number of nitrogens with one attached hydrogen (secondary N) is 1. The maximum absolute atomic E-state index is 11.8.